The molecule has 2 N–H and O–H groups in total. The first-order valence-electron chi connectivity index (χ1n) is 3.71. The summed E-state index contributed by atoms with van der Waals surface area (Å²) in [5.41, 5.74) is 5.84. The van der Waals surface area contributed by atoms with Crippen LogP contribution in [0.3, 0.4) is 0 Å². The Morgan fingerprint density at radius 1 is 1.25 bits per heavy atom. The van der Waals surface area contributed by atoms with Crippen LogP contribution in [0.2, 0.25) is 5.02 Å². The highest BCUT2D eigenvalue weighted by Gasteiger charge is 2.11. The van der Waals surface area contributed by atoms with Gasteiger partial charge in [0.25, 0.3) is 0 Å². The van der Waals surface area contributed by atoms with Crippen molar-refractivity contribution in [1.29, 1.82) is 0 Å². The van der Waals surface area contributed by atoms with E-state index in [0.29, 0.717) is 0 Å². The SMILES string of the molecule is CC(C)(N)Sc1ccc(Cl)cc1. The zero-order valence-electron chi connectivity index (χ0n) is 7.17. The largest absolute Gasteiger partial charge is 0.317 e. The summed E-state index contributed by atoms with van der Waals surface area (Å²) in [6.07, 6.45) is 0. The lowest BCUT2D eigenvalue weighted by Crippen LogP contribution is -2.26. The highest BCUT2D eigenvalue weighted by Crippen LogP contribution is 2.28. The molecule has 1 rings (SSSR count). The van der Waals surface area contributed by atoms with Crippen molar-refractivity contribution in [2.24, 2.45) is 5.73 Å². The summed E-state index contributed by atoms with van der Waals surface area (Å²) in [7, 11) is 0. The quantitative estimate of drug-likeness (QED) is 0.588. The van der Waals surface area contributed by atoms with Gasteiger partial charge < -0.3 is 5.73 Å². The minimum atomic E-state index is -0.228. The molecule has 0 aliphatic heterocycles. The van der Waals surface area contributed by atoms with Crippen molar-refractivity contribution in [1.82, 2.24) is 0 Å². The average Bonchev–Trinajstić information content (AvgIpc) is 1.91. The van der Waals surface area contributed by atoms with Gasteiger partial charge in [0.2, 0.25) is 0 Å². The summed E-state index contributed by atoms with van der Waals surface area (Å²) in [6, 6.07) is 7.69. The average molecular weight is 202 g/mol. The predicted octanol–water partition coefficient (Wildman–Crippen LogP) is 3.13. The number of nitrogens with two attached hydrogens (primary N) is 1. The number of halogens is 1. The molecule has 66 valence electrons. The lowest BCUT2D eigenvalue weighted by atomic mass is 10.4. The van der Waals surface area contributed by atoms with Crippen molar-refractivity contribution in [3.05, 3.63) is 29.3 Å². The van der Waals surface area contributed by atoms with Crippen LogP contribution in [0.25, 0.3) is 0 Å². The van der Waals surface area contributed by atoms with Crippen LogP contribution in [0, 0.1) is 0 Å². The number of hydrogen-bond donors (Lipinski definition) is 1. The fourth-order valence-corrected chi connectivity index (χ4v) is 1.81. The molecule has 1 aromatic carbocycles. The van der Waals surface area contributed by atoms with Crippen LogP contribution in [0.15, 0.2) is 29.2 Å². The smallest absolute Gasteiger partial charge is 0.0609 e. The molecule has 0 unspecified atom stereocenters. The first kappa shape index (κ1) is 9.90. The Kier molecular flexibility index (Phi) is 3.04. The normalized spacial score (nSPS) is 11.7. The minimum Gasteiger partial charge on any atom is -0.317 e. The summed E-state index contributed by atoms with van der Waals surface area (Å²) < 4.78 is 0. The summed E-state index contributed by atoms with van der Waals surface area (Å²) in [4.78, 5) is 0.917. The van der Waals surface area contributed by atoms with Gasteiger partial charge in [-0.3, -0.25) is 0 Å². The summed E-state index contributed by atoms with van der Waals surface area (Å²) >= 11 is 7.37. The van der Waals surface area contributed by atoms with Gasteiger partial charge in [-0.25, -0.2) is 0 Å². The van der Waals surface area contributed by atoms with Gasteiger partial charge in [0, 0.05) is 9.92 Å². The molecule has 0 aliphatic carbocycles. The standard InChI is InChI=1S/C9H12ClNS/c1-9(2,11)12-8-5-3-7(10)4-6-8/h3-6H,11H2,1-2H3. The molecule has 0 heterocycles. The van der Waals surface area contributed by atoms with Crippen LogP contribution >= 0.6 is 23.4 Å². The maximum Gasteiger partial charge on any atom is 0.0609 e. The Balaban J connectivity index is 2.71. The van der Waals surface area contributed by atoms with E-state index in [9.17, 15) is 0 Å². The lowest BCUT2D eigenvalue weighted by Gasteiger charge is -2.17. The molecule has 12 heavy (non-hydrogen) atoms. The van der Waals surface area contributed by atoms with E-state index in [1.165, 1.54) is 0 Å². The van der Waals surface area contributed by atoms with Gasteiger partial charge in [0.05, 0.1) is 4.87 Å². The third-order valence-corrected chi connectivity index (χ3v) is 2.48. The Morgan fingerprint density at radius 3 is 2.17 bits per heavy atom. The van der Waals surface area contributed by atoms with Crippen LogP contribution in [-0.2, 0) is 0 Å². The fourth-order valence-electron chi connectivity index (χ4n) is 0.806. The van der Waals surface area contributed by atoms with E-state index in [0.717, 1.165) is 9.92 Å². The van der Waals surface area contributed by atoms with E-state index >= 15 is 0 Å². The van der Waals surface area contributed by atoms with Gasteiger partial charge in [0.1, 0.15) is 0 Å². The van der Waals surface area contributed by atoms with E-state index < -0.39 is 0 Å². The zero-order valence-corrected chi connectivity index (χ0v) is 8.75. The van der Waals surface area contributed by atoms with Gasteiger partial charge in [-0.2, -0.15) is 0 Å². The molecule has 0 saturated carbocycles. The van der Waals surface area contributed by atoms with Gasteiger partial charge in [-0.1, -0.05) is 11.6 Å². The number of thioether (sulfide) groups is 1. The molecule has 1 aromatic rings. The topological polar surface area (TPSA) is 26.0 Å². The molecule has 0 fully saturated rings. The molecular formula is C9H12ClNS. The first-order valence-corrected chi connectivity index (χ1v) is 4.90. The molecule has 0 aromatic heterocycles. The van der Waals surface area contributed by atoms with E-state index in [1.54, 1.807) is 11.8 Å². The highest BCUT2D eigenvalue weighted by atomic mass is 35.5. The van der Waals surface area contributed by atoms with Crippen LogP contribution in [-0.4, -0.2) is 4.87 Å². The van der Waals surface area contributed by atoms with Crippen LogP contribution < -0.4 is 5.73 Å². The fraction of sp³-hybridized carbons (Fsp3) is 0.333. The van der Waals surface area contributed by atoms with Crippen molar-refractivity contribution in [2.75, 3.05) is 0 Å². The molecular weight excluding hydrogens is 190 g/mol. The third kappa shape index (κ3) is 3.48. The maximum absolute atomic E-state index is 5.84. The maximum atomic E-state index is 5.84. The van der Waals surface area contributed by atoms with Crippen molar-refractivity contribution in [2.45, 2.75) is 23.6 Å². The number of benzene rings is 1. The van der Waals surface area contributed by atoms with Gasteiger partial charge in [-0.05, 0) is 38.1 Å². The van der Waals surface area contributed by atoms with Gasteiger partial charge in [-0.15, -0.1) is 11.8 Å². The lowest BCUT2D eigenvalue weighted by molar-refractivity contribution is 0.758. The van der Waals surface area contributed by atoms with E-state index in [-0.39, 0.29) is 4.87 Å². The highest BCUT2D eigenvalue weighted by molar-refractivity contribution is 8.00. The first-order chi connectivity index (χ1) is 5.47. The Morgan fingerprint density at radius 2 is 1.75 bits per heavy atom. The molecule has 0 aliphatic rings. The molecule has 0 spiro atoms. The summed E-state index contributed by atoms with van der Waals surface area (Å²) in [5, 5.41) is 0.758. The Labute approximate surface area is 82.3 Å². The van der Waals surface area contributed by atoms with E-state index in [1.807, 2.05) is 38.1 Å². The van der Waals surface area contributed by atoms with E-state index in [2.05, 4.69) is 0 Å². The molecule has 0 bridgehead atoms. The zero-order chi connectivity index (χ0) is 9.19. The van der Waals surface area contributed by atoms with Crippen molar-refractivity contribution < 1.29 is 0 Å². The van der Waals surface area contributed by atoms with Crippen LogP contribution in [0.1, 0.15) is 13.8 Å². The molecule has 0 saturated heterocycles. The molecule has 0 amide bonds. The second kappa shape index (κ2) is 3.69. The van der Waals surface area contributed by atoms with Crippen molar-refractivity contribution in [3.63, 3.8) is 0 Å². The van der Waals surface area contributed by atoms with Crippen LogP contribution in [0.4, 0.5) is 0 Å². The molecule has 0 atom stereocenters. The molecule has 0 radical (unpaired) electrons. The Bertz CT molecular complexity index is 250. The molecule has 1 nitrogen and oxygen atoms in total. The molecule has 3 heteroatoms. The summed E-state index contributed by atoms with van der Waals surface area (Å²) in [5.74, 6) is 0. The second-order valence-corrected chi connectivity index (χ2v) is 5.32. The second-order valence-electron chi connectivity index (χ2n) is 3.16. The third-order valence-electron chi connectivity index (χ3n) is 1.19. The van der Waals surface area contributed by atoms with Crippen molar-refractivity contribution in [3.8, 4) is 0 Å². The van der Waals surface area contributed by atoms with Gasteiger partial charge in [0.15, 0.2) is 0 Å². The van der Waals surface area contributed by atoms with Crippen LogP contribution in [0.5, 0.6) is 0 Å². The van der Waals surface area contributed by atoms with Crippen molar-refractivity contribution >= 4 is 23.4 Å². The minimum absolute atomic E-state index is 0.228. The predicted molar refractivity (Wildman–Crippen MR) is 55.6 cm³/mol. The van der Waals surface area contributed by atoms with Gasteiger partial charge >= 0.3 is 0 Å². The Hall–Kier alpha value is -0.180. The summed E-state index contributed by atoms with van der Waals surface area (Å²) in [6.45, 7) is 3.96. The monoisotopic (exact) mass is 201 g/mol. The van der Waals surface area contributed by atoms with E-state index in [4.69, 9.17) is 17.3 Å². The number of rotatable bonds is 2. The number of hydrogen-bond acceptors (Lipinski definition) is 2.